The minimum Gasteiger partial charge on any atom is -0.208 e. The summed E-state index contributed by atoms with van der Waals surface area (Å²) in [5.74, 6) is 1.95. The lowest BCUT2D eigenvalue weighted by Crippen LogP contribution is -2.00. The Morgan fingerprint density at radius 3 is 1.79 bits per heavy atom. The summed E-state index contributed by atoms with van der Waals surface area (Å²) >= 11 is 3.70. The number of fused-ring (bicyclic) bond motifs is 2. The zero-order valence-corrected chi connectivity index (χ0v) is 22.5. The molecule has 0 unspecified atom stereocenters. The van der Waals surface area contributed by atoms with E-state index >= 15 is 0 Å². The summed E-state index contributed by atoms with van der Waals surface area (Å²) in [6.07, 6.45) is 0. The SMILES string of the molecule is Brc1cccc2c(-c3nc(-c4ccc(-c5ccccc5)cc4)nc(-c4ccc5ccccc5c4)n3)cccc12. The van der Waals surface area contributed by atoms with Crippen LogP contribution in [0.25, 0.3) is 66.8 Å². The van der Waals surface area contributed by atoms with E-state index in [-0.39, 0.29) is 0 Å². The van der Waals surface area contributed by atoms with E-state index in [0.29, 0.717) is 17.5 Å². The van der Waals surface area contributed by atoms with Crippen LogP contribution < -0.4 is 0 Å². The van der Waals surface area contributed by atoms with Crippen LogP contribution in [0, 0.1) is 0 Å². The van der Waals surface area contributed by atoms with E-state index in [1.807, 2.05) is 12.1 Å². The molecule has 0 saturated carbocycles. The van der Waals surface area contributed by atoms with E-state index in [2.05, 4.69) is 137 Å². The fraction of sp³-hybridized carbons (Fsp3) is 0. The van der Waals surface area contributed by atoms with E-state index < -0.39 is 0 Å². The second kappa shape index (κ2) is 9.90. The van der Waals surface area contributed by atoms with E-state index in [1.165, 1.54) is 10.9 Å². The lowest BCUT2D eigenvalue weighted by Gasteiger charge is -2.11. The maximum atomic E-state index is 5.01. The molecule has 6 aromatic carbocycles. The second-order valence-electron chi connectivity index (χ2n) is 9.45. The molecular weight excluding hydrogens is 542 g/mol. The smallest absolute Gasteiger partial charge is 0.164 e. The van der Waals surface area contributed by atoms with Crippen molar-refractivity contribution in [3.63, 3.8) is 0 Å². The Labute approximate surface area is 235 Å². The van der Waals surface area contributed by atoms with Crippen molar-refractivity contribution in [3.8, 4) is 45.3 Å². The van der Waals surface area contributed by atoms with Crippen LogP contribution in [0.15, 0.2) is 138 Å². The van der Waals surface area contributed by atoms with E-state index in [0.717, 1.165) is 42.9 Å². The summed E-state index contributed by atoms with van der Waals surface area (Å²) in [4.78, 5) is 15.0. The molecule has 4 heteroatoms. The Morgan fingerprint density at radius 1 is 0.385 bits per heavy atom. The molecule has 0 saturated heterocycles. The Morgan fingerprint density at radius 2 is 0.974 bits per heavy atom. The van der Waals surface area contributed by atoms with Gasteiger partial charge in [0.05, 0.1) is 0 Å². The first kappa shape index (κ1) is 23.4. The average molecular weight is 564 g/mol. The van der Waals surface area contributed by atoms with Crippen LogP contribution in [-0.2, 0) is 0 Å². The van der Waals surface area contributed by atoms with Crippen LogP contribution in [0.5, 0.6) is 0 Å². The number of rotatable bonds is 4. The summed E-state index contributed by atoms with van der Waals surface area (Å²) in [5.41, 5.74) is 5.21. The summed E-state index contributed by atoms with van der Waals surface area (Å²) in [6, 6.07) is 46.0. The third-order valence-electron chi connectivity index (χ3n) is 7.00. The molecule has 3 nitrogen and oxygen atoms in total. The topological polar surface area (TPSA) is 38.7 Å². The molecule has 0 aliphatic rings. The monoisotopic (exact) mass is 563 g/mol. The minimum absolute atomic E-state index is 0.648. The molecule has 0 bridgehead atoms. The third-order valence-corrected chi connectivity index (χ3v) is 7.69. The first-order chi connectivity index (χ1) is 19.2. The van der Waals surface area contributed by atoms with Gasteiger partial charge in [0.15, 0.2) is 17.5 Å². The number of halogens is 1. The predicted molar refractivity (Wildman–Crippen MR) is 164 cm³/mol. The normalized spacial score (nSPS) is 11.2. The predicted octanol–water partition coefficient (Wildman–Crippen LogP) is 9.61. The molecule has 0 aliphatic carbocycles. The Kier molecular flexibility index (Phi) is 5.95. The standard InChI is InChI=1S/C35H22BrN3/c36-32-15-7-12-29-30(32)13-6-14-31(29)35-38-33(26-19-16-25(17-20-26)23-8-2-1-3-9-23)37-34(39-35)28-21-18-24-10-4-5-11-27(24)22-28/h1-22H. The van der Waals surface area contributed by atoms with Crippen molar-refractivity contribution in [1.29, 1.82) is 0 Å². The summed E-state index contributed by atoms with van der Waals surface area (Å²) in [5, 5.41) is 4.55. The van der Waals surface area contributed by atoms with Crippen LogP contribution >= 0.6 is 15.9 Å². The van der Waals surface area contributed by atoms with Crippen LogP contribution in [-0.4, -0.2) is 15.0 Å². The van der Waals surface area contributed by atoms with Gasteiger partial charge in [-0.05, 0) is 44.8 Å². The van der Waals surface area contributed by atoms with Crippen molar-refractivity contribution in [3.05, 3.63) is 138 Å². The van der Waals surface area contributed by atoms with Gasteiger partial charge in [0.2, 0.25) is 0 Å². The molecule has 0 aliphatic heterocycles. The van der Waals surface area contributed by atoms with Crippen LogP contribution in [0.1, 0.15) is 0 Å². The van der Waals surface area contributed by atoms with Gasteiger partial charge in [-0.2, -0.15) is 0 Å². The van der Waals surface area contributed by atoms with E-state index in [4.69, 9.17) is 15.0 Å². The van der Waals surface area contributed by atoms with Gasteiger partial charge in [0.25, 0.3) is 0 Å². The number of benzene rings is 6. The third kappa shape index (κ3) is 4.49. The number of hydrogen-bond donors (Lipinski definition) is 0. The minimum atomic E-state index is 0.648. The zero-order chi connectivity index (χ0) is 26.2. The highest BCUT2D eigenvalue weighted by atomic mass is 79.9. The van der Waals surface area contributed by atoms with Gasteiger partial charge in [-0.15, -0.1) is 0 Å². The molecule has 7 rings (SSSR count). The summed E-state index contributed by atoms with van der Waals surface area (Å²) < 4.78 is 1.04. The molecule has 0 radical (unpaired) electrons. The molecule has 1 heterocycles. The quantitative estimate of drug-likeness (QED) is 0.214. The largest absolute Gasteiger partial charge is 0.208 e. The maximum absolute atomic E-state index is 5.01. The van der Waals surface area contributed by atoms with Crippen LogP contribution in [0.2, 0.25) is 0 Å². The van der Waals surface area contributed by atoms with Crippen LogP contribution in [0.4, 0.5) is 0 Å². The molecule has 0 atom stereocenters. The fourth-order valence-electron chi connectivity index (χ4n) is 4.99. The Hall–Kier alpha value is -4.67. The van der Waals surface area contributed by atoms with Gasteiger partial charge in [0, 0.05) is 21.2 Å². The van der Waals surface area contributed by atoms with Crippen molar-refractivity contribution < 1.29 is 0 Å². The molecule has 0 fully saturated rings. The Balaban J connectivity index is 1.42. The van der Waals surface area contributed by atoms with Gasteiger partial charge in [-0.3, -0.25) is 0 Å². The Bertz CT molecular complexity index is 1970. The molecule has 39 heavy (non-hydrogen) atoms. The number of nitrogens with zero attached hydrogens (tertiary/aromatic N) is 3. The van der Waals surface area contributed by atoms with Gasteiger partial charge in [0.1, 0.15) is 0 Å². The molecular formula is C35H22BrN3. The highest BCUT2D eigenvalue weighted by molar-refractivity contribution is 9.10. The molecule has 0 N–H and O–H groups in total. The van der Waals surface area contributed by atoms with Crippen LogP contribution in [0.3, 0.4) is 0 Å². The van der Waals surface area contributed by atoms with Gasteiger partial charge < -0.3 is 0 Å². The fourth-order valence-corrected chi connectivity index (χ4v) is 5.49. The molecule has 1 aromatic heterocycles. The van der Waals surface area contributed by atoms with Crippen molar-refractivity contribution in [2.45, 2.75) is 0 Å². The number of hydrogen-bond acceptors (Lipinski definition) is 3. The van der Waals surface area contributed by atoms with Crippen molar-refractivity contribution in [1.82, 2.24) is 15.0 Å². The van der Waals surface area contributed by atoms with Crippen molar-refractivity contribution in [2.24, 2.45) is 0 Å². The highest BCUT2D eigenvalue weighted by Crippen LogP contribution is 2.33. The van der Waals surface area contributed by atoms with E-state index in [9.17, 15) is 0 Å². The van der Waals surface area contributed by atoms with Crippen molar-refractivity contribution >= 4 is 37.5 Å². The molecule has 184 valence electrons. The molecule has 0 amide bonds. The zero-order valence-electron chi connectivity index (χ0n) is 20.9. The highest BCUT2D eigenvalue weighted by Gasteiger charge is 2.15. The van der Waals surface area contributed by atoms with Gasteiger partial charge >= 0.3 is 0 Å². The lowest BCUT2D eigenvalue weighted by atomic mass is 10.0. The average Bonchev–Trinajstić information content (AvgIpc) is 3.01. The van der Waals surface area contributed by atoms with E-state index in [1.54, 1.807) is 0 Å². The van der Waals surface area contributed by atoms with Gasteiger partial charge in [-0.1, -0.05) is 137 Å². The second-order valence-corrected chi connectivity index (χ2v) is 10.3. The first-order valence-electron chi connectivity index (χ1n) is 12.8. The molecule has 7 aromatic rings. The number of aromatic nitrogens is 3. The lowest BCUT2D eigenvalue weighted by molar-refractivity contribution is 1.08. The van der Waals surface area contributed by atoms with Crippen molar-refractivity contribution in [2.75, 3.05) is 0 Å². The summed E-state index contributed by atoms with van der Waals surface area (Å²) in [6.45, 7) is 0. The summed E-state index contributed by atoms with van der Waals surface area (Å²) in [7, 11) is 0. The van der Waals surface area contributed by atoms with Gasteiger partial charge in [-0.25, -0.2) is 15.0 Å². The maximum Gasteiger partial charge on any atom is 0.164 e. The first-order valence-corrected chi connectivity index (χ1v) is 13.6. The molecule has 0 spiro atoms.